The van der Waals surface area contributed by atoms with Crippen molar-refractivity contribution < 1.29 is 19.3 Å². The highest BCUT2D eigenvalue weighted by atomic mass is 35.5. The summed E-state index contributed by atoms with van der Waals surface area (Å²) in [6.07, 6.45) is 12.7. The average molecular weight is 665 g/mol. The number of benzene rings is 1. The maximum absolute atomic E-state index is 10.1. The van der Waals surface area contributed by atoms with Crippen molar-refractivity contribution in [1.29, 1.82) is 0 Å². The van der Waals surface area contributed by atoms with E-state index in [1.807, 2.05) is 29.9 Å². The van der Waals surface area contributed by atoms with Crippen LogP contribution < -0.4 is 14.8 Å². The molecule has 250 valence electrons. The number of nitrogens with one attached hydrogen (secondary N) is 1. The van der Waals surface area contributed by atoms with Crippen LogP contribution in [0.25, 0.3) is 11.1 Å². The van der Waals surface area contributed by atoms with Crippen molar-refractivity contribution in [2.45, 2.75) is 76.3 Å². The molecule has 3 aromatic heterocycles. The highest BCUT2D eigenvalue weighted by molar-refractivity contribution is 6.32. The lowest BCUT2D eigenvalue weighted by Crippen LogP contribution is -2.45. The SMILES string of the molecule is C[C@@H](Cn1cnnn1)Oc1cc(-c2cnc(Nc3cn(C4CCC(N5CCOCC5)CC4)nc3OCC3CCC3O)nc2)ccc1Cl. The molecule has 4 heterocycles. The molecule has 7 rings (SSSR count). The van der Waals surface area contributed by atoms with Gasteiger partial charge in [0.05, 0.1) is 49.7 Å². The van der Waals surface area contributed by atoms with Crippen molar-refractivity contribution in [2.75, 3.05) is 38.2 Å². The maximum Gasteiger partial charge on any atom is 0.256 e. The van der Waals surface area contributed by atoms with Crippen molar-refractivity contribution in [1.82, 2.24) is 44.9 Å². The molecule has 0 amide bonds. The molecule has 15 heteroatoms. The summed E-state index contributed by atoms with van der Waals surface area (Å²) in [4.78, 5) is 11.8. The van der Waals surface area contributed by atoms with Gasteiger partial charge in [0.15, 0.2) is 0 Å². The molecule has 2 saturated carbocycles. The molecule has 2 N–H and O–H groups in total. The van der Waals surface area contributed by atoms with Gasteiger partial charge in [0.1, 0.15) is 23.9 Å². The lowest BCUT2D eigenvalue weighted by Gasteiger charge is -2.38. The van der Waals surface area contributed by atoms with Gasteiger partial charge in [-0.05, 0) is 73.6 Å². The van der Waals surface area contributed by atoms with E-state index in [0.29, 0.717) is 53.5 Å². The Morgan fingerprint density at radius 1 is 1.04 bits per heavy atom. The third-order valence-corrected chi connectivity index (χ3v) is 9.75. The van der Waals surface area contributed by atoms with Gasteiger partial charge in [-0.3, -0.25) is 9.58 Å². The lowest BCUT2D eigenvalue weighted by atomic mass is 9.83. The van der Waals surface area contributed by atoms with Crippen LogP contribution in [0.15, 0.2) is 43.1 Å². The Bertz CT molecular complexity index is 1590. The summed E-state index contributed by atoms with van der Waals surface area (Å²) < 4.78 is 21.5. The largest absolute Gasteiger partial charge is 0.487 e. The van der Waals surface area contributed by atoms with E-state index in [4.69, 9.17) is 30.9 Å². The molecule has 14 nitrogen and oxygen atoms in total. The van der Waals surface area contributed by atoms with E-state index in [0.717, 1.165) is 76.0 Å². The summed E-state index contributed by atoms with van der Waals surface area (Å²) in [7, 11) is 0. The van der Waals surface area contributed by atoms with Crippen molar-refractivity contribution in [3.63, 3.8) is 0 Å². The van der Waals surface area contributed by atoms with Crippen molar-refractivity contribution >= 4 is 23.2 Å². The van der Waals surface area contributed by atoms with Gasteiger partial charge in [0.25, 0.3) is 5.88 Å². The van der Waals surface area contributed by atoms with Crippen LogP contribution in [0.4, 0.5) is 11.6 Å². The Labute approximate surface area is 278 Å². The minimum absolute atomic E-state index is 0.128. The smallest absolute Gasteiger partial charge is 0.256 e. The zero-order valence-electron chi connectivity index (χ0n) is 26.5. The van der Waals surface area contributed by atoms with E-state index >= 15 is 0 Å². The van der Waals surface area contributed by atoms with Crippen LogP contribution in [0, 0.1) is 5.92 Å². The summed E-state index contributed by atoms with van der Waals surface area (Å²) in [6, 6.07) is 6.48. The number of anilines is 2. The Hall–Kier alpha value is -3.85. The number of tetrazole rings is 1. The molecule has 1 aliphatic heterocycles. The average Bonchev–Trinajstić information content (AvgIpc) is 3.76. The van der Waals surface area contributed by atoms with E-state index in [2.05, 4.69) is 35.7 Å². The first kappa shape index (κ1) is 31.7. The number of aromatic nitrogens is 8. The molecule has 4 aromatic rings. The quantitative estimate of drug-likeness (QED) is 0.224. The van der Waals surface area contributed by atoms with Crippen LogP contribution in [0.3, 0.4) is 0 Å². The first-order valence-corrected chi connectivity index (χ1v) is 16.8. The predicted molar refractivity (Wildman–Crippen MR) is 174 cm³/mol. The van der Waals surface area contributed by atoms with Crippen LogP contribution in [0.1, 0.15) is 51.5 Å². The molecule has 1 aromatic carbocycles. The van der Waals surface area contributed by atoms with Gasteiger partial charge < -0.3 is 24.6 Å². The lowest BCUT2D eigenvalue weighted by molar-refractivity contribution is -0.00245. The van der Waals surface area contributed by atoms with Gasteiger partial charge in [-0.2, -0.15) is 0 Å². The van der Waals surface area contributed by atoms with Gasteiger partial charge in [-0.15, -0.1) is 10.2 Å². The molecule has 1 saturated heterocycles. The molecule has 3 atom stereocenters. The van der Waals surface area contributed by atoms with Gasteiger partial charge in [0, 0.05) is 43.0 Å². The van der Waals surface area contributed by atoms with Gasteiger partial charge in [0.2, 0.25) is 5.95 Å². The fraction of sp³-hybridized carbons (Fsp3) is 0.562. The second-order valence-electron chi connectivity index (χ2n) is 12.7. The van der Waals surface area contributed by atoms with Crippen LogP contribution in [0.2, 0.25) is 5.02 Å². The van der Waals surface area contributed by atoms with Gasteiger partial charge >= 0.3 is 0 Å². The fourth-order valence-corrected chi connectivity index (χ4v) is 6.70. The standard InChI is InChI=1S/C32H41ClN10O4/c1-21(17-42-20-36-39-40-42)47-30-14-22(2-8-27(30)33)24-15-34-32(35-16-24)37-28-18-43(38-31(28)46-19-23-3-9-29(23)44)26-6-4-25(5-7-26)41-10-12-45-13-11-41/h2,8,14-16,18,20-21,23,25-26,29,44H,3-7,9-13,17,19H2,1H3,(H,34,35,37)/t21-,23?,25?,26?,29?/m0/s1. The number of hydrogen-bond acceptors (Lipinski definition) is 12. The highest BCUT2D eigenvalue weighted by Gasteiger charge is 2.31. The number of rotatable bonds is 12. The molecule has 2 unspecified atom stereocenters. The van der Waals surface area contributed by atoms with Crippen LogP contribution in [0.5, 0.6) is 11.6 Å². The molecule has 0 radical (unpaired) electrons. The van der Waals surface area contributed by atoms with E-state index < -0.39 is 0 Å². The third-order valence-electron chi connectivity index (χ3n) is 9.44. The third kappa shape index (κ3) is 7.67. The summed E-state index contributed by atoms with van der Waals surface area (Å²) in [5.74, 6) is 1.61. The topological polar surface area (TPSA) is 150 Å². The molecule has 0 bridgehead atoms. The monoisotopic (exact) mass is 664 g/mol. The minimum Gasteiger partial charge on any atom is -0.487 e. The number of halogens is 1. The number of aliphatic hydroxyl groups is 1. The number of nitrogens with zero attached hydrogens (tertiary/aromatic N) is 9. The second kappa shape index (κ2) is 14.5. The zero-order valence-corrected chi connectivity index (χ0v) is 27.2. The van der Waals surface area contributed by atoms with E-state index in [1.165, 1.54) is 0 Å². The highest BCUT2D eigenvalue weighted by Crippen LogP contribution is 2.36. The van der Waals surface area contributed by atoms with Crippen LogP contribution in [-0.4, -0.2) is 101 Å². The predicted octanol–water partition coefficient (Wildman–Crippen LogP) is 4.16. The van der Waals surface area contributed by atoms with Crippen molar-refractivity contribution in [2.24, 2.45) is 5.92 Å². The zero-order chi connectivity index (χ0) is 32.2. The number of hydrogen-bond donors (Lipinski definition) is 2. The summed E-state index contributed by atoms with van der Waals surface area (Å²) in [5.41, 5.74) is 2.39. The molecular weight excluding hydrogens is 624 g/mol. The van der Waals surface area contributed by atoms with E-state index in [9.17, 15) is 5.11 Å². The fourth-order valence-electron chi connectivity index (χ4n) is 6.53. The normalized spacial score (nSPS) is 24.0. The molecule has 0 spiro atoms. The Kier molecular flexibility index (Phi) is 9.79. The minimum atomic E-state index is -0.312. The molecule has 3 aliphatic rings. The second-order valence-corrected chi connectivity index (χ2v) is 13.1. The summed E-state index contributed by atoms with van der Waals surface area (Å²) in [5, 5.41) is 30.0. The Morgan fingerprint density at radius 3 is 2.53 bits per heavy atom. The summed E-state index contributed by atoms with van der Waals surface area (Å²) >= 11 is 6.45. The molecule has 3 fully saturated rings. The first-order valence-electron chi connectivity index (χ1n) is 16.5. The Morgan fingerprint density at radius 2 is 1.83 bits per heavy atom. The van der Waals surface area contributed by atoms with E-state index in [-0.39, 0.29) is 18.1 Å². The van der Waals surface area contributed by atoms with E-state index in [1.54, 1.807) is 29.5 Å². The molecule has 47 heavy (non-hydrogen) atoms. The number of ether oxygens (including phenoxy) is 3. The number of aliphatic hydroxyl groups excluding tert-OH is 1. The maximum atomic E-state index is 10.1. The van der Waals surface area contributed by atoms with Crippen molar-refractivity contribution in [3.8, 4) is 22.8 Å². The van der Waals surface area contributed by atoms with Crippen molar-refractivity contribution in [3.05, 3.63) is 48.1 Å². The van der Waals surface area contributed by atoms with Crippen LogP contribution in [-0.2, 0) is 11.3 Å². The Balaban J connectivity index is 1.03. The molecule has 2 aliphatic carbocycles. The first-order chi connectivity index (χ1) is 23.0. The van der Waals surface area contributed by atoms with Gasteiger partial charge in [-0.25, -0.2) is 14.6 Å². The molecular formula is C32H41ClN10O4. The van der Waals surface area contributed by atoms with Crippen LogP contribution >= 0.6 is 11.6 Å². The summed E-state index contributed by atoms with van der Waals surface area (Å²) in [6.45, 7) is 6.52. The van der Waals surface area contributed by atoms with Gasteiger partial charge in [-0.1, -0.05) is 17.7 Å². The number of morpholine rings is 1.